The first-order valence-corrected chi connectivity index (χ1v) is 7.08. The summed E-state index contributed by atoms with van der Waals surface area (Å²) >= 11 is 0. The van der Waals surface area contributed by atoms with Crippen LogP contribution in [0.5, 0.6) is 0 Å². The summed E-state index contributed by atoms with van der Waals surface area (Å²) in [4.78, 5) is 13.9. The zero-order chi connectivity index (χ0) is 13.5. The lowest BCUT2D eigenvalue weighted by atomic mass is 10.2. The van der Waals surface area contributed by atoms with Gasteiger partial charge in [0.25, 0.3) is 0 Å². The van der Waals surface area contributed by atoms with Crippen LogP contribution in [-0.2, 0) is 9.53 Å². The zero-order valence-electron chi connectivity index (χ0n) is 12.2. The molecule has 1 N–H and O–H groups in total. The minimum atomic E-state index is -0.158. The number of rotatable bonds is 9. The summed E-state index contributed by atoms with van der Waals surface area (Å²) in [5, 5.41) is 3.25. The van der Waals surface area contributed by atoms with Gasteiger partial charge in [-0.15, -0.1) is 0 Å². The molecule has 3 atom stereocenters. The molecule has 1 aliphatic rings. The van der Waals surface area contributed by atoms with Crippen LogP contribution in [0.25, 0.3) is 0 Å². The molecule has 0 aromatic carbocycles. The third-order valence-electron chi connectivity index (χ3n) is 3.75. The Hall–Kier alpha value is -0.610. The molecule has 4 nitrogen and oxygen atoms in total. The minimum Gasteiger partial charge on any atom is -0.468 e. The topological polar surface area (TPSA) is 41.6 Å². The minimum absolute atomic E-state index is 0.142. The third kappa shape index (κ3) is 5.36. The molecular weight excluding hydrogens is 228 g/mol. The molecule has 0 heterocycles. The number of hydrogen-bond acceptors (Lipinski definition) is 4. The number of nitrogens with one attached hydrogen (secondary N) is 1. The number of carbonyl (C=O) groups excluding carboxylic acids is 1. The predicted octanol–water partition coefficient (Wildman–Crippen LogP) is 1.51. The molecule has 0 aromatic rings. The average molecular weight is 256 g/mol. The summed E-state index contributed by atoms with van der Waals surface area (Å²) in [6, 6.07) is -0.158. The van der Waals surface area contributed by atoms with Crippen molar-refractivity contribution in [2.75, 3.05) is 33.8 Å². The van der Waals surface area contributed by atoms with Gasteiger partial charge >= 0.3 is 5.97 Å². The van der Waals surface area contributed by atoms with E-state index >= 15 is 0 Å². The van der Waals surface area contributed by atoms with Gasteiger partial charge in [-0.1, -0.05) is 13.8 Å². The Kier molecular flexibility index (Phi) is 6.65. The number of methoxy groups -OCH3 is 1. The smallest absolute Gasteiger partial charge is 0.322 e. The first kappa shape index (κ1) is 15.4. The van der Waals surface area contributed by atoms with Crippen LogP contribution in [0.2, 0.25) is 0 Å². The Labute approximate surface area is 111 Å². The van der Waals surface area contributed by atoms with Gasteiger partial charge in [-0.05, 0) is 51.2 Å². The summed E-state index contributed by atoms with van der Waals surface area (Å²) in [6.07, 6.45) is 3.21. The molecule has 18 heavy (non-hydrogen) atoms. The Morgan fingerprint density at radius 2 is 2.22 bits per heavy atom. The molecule has 0 bridgehead atoms. The standard InChI is InChI=1S/C14H28N2O2/c1-5-7-15-13(14(17)18-4)6-8-16(3)10-12-9-11(12)2/h11-13,15H,5-10H2,1-4H3. The molecule has 0 aliphatic heterocycles. The number of ether oxygens (including phenoxy) is 1. The van der Waals surface area contributed by atoms with Crippen molar-refractivity contribution in [1.29, 1.82) is 0 Å². The number of hydrogen-bond donors (Lipinski definition) is 1. The molecular formula is C14H28N2O2. The van der Waals surface area contributed by atoms with Gasteiger partial charge in [0.2, 0.25) is 0 Å². The molecule has 1 fully saturated rings. The molecule has 0 amide bonds. The van der Waals surface area contributed by atoms with Crippen molar-refractivity contribution >= 4 is 5.97 Å². The number of nitrogens with zero attached hydrogens (tertiary/aromatic N) is 1. The second kappa shape index (κ2) is 7.74. The van der Waals surface area contributed by atoms with Crippen molar-refractivity contribution in [2.24, 2.45) is 11.8 Å². The fourth-order valence-electron chi connectivity index (χ4n) is 2.26. The van der Waals surface area contributed by atoms with Crippen LogP contribution in [0.4, 0.5) is 0 Å². The van der Waals surface area contributed by atoms with Gasteiger partial charge in [-0.25, -0.2) is 0 Å². The molecule has 1 saturated carbocycles. The summed E-state index contributed by atoms with van der Waals surface area (Å²) in [5.41, 5.74) is 0. The van der Waals surface area contributed by atoms with Crippen molar-refractivity contribution in [3.8, 4) is 0 Å². The fourth-order valence-corrected chi connectivity index (χ4v) is 2.26. The van der Waals surface area contributed by atoms with E-state index in [1.54, 1.807) is 0 Å². The van der Waals surface area contributed by atoms with Gasteiger partial charge in [0.1, 0.15) is 6.04 Å². The van der Waals surface area contributed by atoms with E-state index in [0.717, 1.165) is 44.3 Å². The predicted molar refractivity (Wildman–Crippen MR) is 73.5 cm³/mol. The van der Waals surface area contributed by atoms with E-state index in [4.69, 9.17) is 4.74 Å². The van der Waals surface area contributed by atoms with E-state index in [2.05, 4.69) is 31.1 Å². The van der Waals surface area contributed by atoms with Crippen LogP contribution < -0.4 is 5.32 Å². The molecule has 0 saturated heterocycles. The summed E-state index contributed by atoms with van der Waals surface area (Å²) < 4.78 is 4.83. The highest BCUT2D eigenvalue weighted by Crippen LogP contribution is 2.37. The SMILES string of the molecule is CCCNC(CCN(C)CC1CC1C)C(=O)OC. The number of carbonyl (C=O) groups is 1. The lowest BCUT2D eigenvalue weighted by Gasteiger charge is -2.21. The molecule has 0 spiro atoms. The monoisotopic (exact) mass is 256 g/mol. The lowest BCUT2D eigenvalue weighted by Crippen LogP contribution is -2.40. The van der Waals surface area contributed by atoms with Gasteiger partial charge in [0, 0.05) is 6.54 Å². The second-order valence-corrected chi connectivity index (χ2v) is 5.55. The van der Waals surface area contributed by atoms with E-state index in [9.17, 15) is 4.79 Å². The molecule has 106 valence electrons. The maximum atomic E-state index is 11.6. The van der Waals surface area contributed by atoms with Crippen molar-refractivity contribution in [1.82, 2.24) is 10.2 Å². The third-order valence-corrected chi connectivity index (χ3v) is 3.75. The Balaban J connectivity index is 2.24. The highest BCUT2D eigenvalue weighted by Gasteiger charge is 2.33. The number of esters is 1. The van der Waals surface area contributed by atoms with Crippen LogP contribution in [0, 0.1) is 11.8 Å². The molecule has 4 heteroatoms. The van der Waals surface area contributed by atoms with Crippen LogP contribution in [0.3, 0.4) is 0 Å². The highest BCUT2D eigenvalue weighted by atomic mass is 16.5. The van der Waals surface area contributed by atoms with Crippen molar-refractivity contribution in [3.05, 3.63) is 0 Å². The van der Waals surface area contributed by atoms with Crippen LogP contribution in [-0.4, -0.2) is 50.7 Å². The van der Waals surface area contributed by atoms with Crippen LogP contribution >= 0.6 is 0 Å². The Morgan fingerprint density at radius 1 is 1.56 bits per heavy atom. The van der Waals surface area contributed by atoms with Gasteiger partial charge in [-0.2, -0.15) is 0 Å². The lowest BCUT2D eigenvalue weighted by molar-refractivity contribution is -0.143. The van der Waals surface area contributed by atoms with Crippen LogP contribution in [0.15, 0.2) is 0 Å². The highest BCUT2D eigenvalue weighted by molar-refractivity contribution is 5.75. The average Bonchev–Trinajstić information content (AvgIpc) is 3.04. The largest absolute Gasteiger partial charge is 0.468 e. The molecule has 0 radical (unpaired) electrons. The maximum Gasteiger partial charge on any atom is 0.322 e. The molecule has 0 aromatic heterocycles. The fraction of sp³-hybridized carbons (Fsp3) is 0.929. The van der Waals surface area contributed by atoms with E-state index in [1.165, 1.54) is 13.5 Å². The van der Waals surface area contributed by atoms with Crippen molar-refractivity contribution in [3.63, 3.8) is 0 Å². The quantitative estimate of drug-likeness (QED) is 0.635. The normalized spacial score (nSPS) is 24.1. The van der Waals surface area contributed by atoms with Gasteiger partial charge in [0.05, 0.1) is 7.11 Å². The van der Waals surface area contributed by atoms with E-state index in [-0.39, 0.29) is 12.0 Å². The van der Waals surface area contributed by atoms with Crippen molar-refractivity contribution < 1.29 is 9.53 Å². The van der Waals surface area contributed by atoms with E-state index in [1.807, 2.05) is 0 Å². The maximum absolute atomic E-state index is 11.6. The van der Waals surface area contributed by atoms with Gasteiger partial charge in [-0.3, -0.25) is 4.79 Å². The summed E-state index contributed by atoms with van der Waals surface area (Å²) in [7, 11) is 3.59. The summed E-state index contributed by atoms with van der Waals surface area (Å²) in [6.45, 7) is 7.37. The van der Waals surface area contributed by atoms with Crippen molar-refractivity contribution in [2.45, 2.75) is 39.2 Å². The molecule has 1 aliphatic carbocycles. The van der Waals surface area contributed by atoms with E-state index < -0.39 is 0 Å². The first-order chi connectivity index (χ1) is 8.58. The second-order valence-electron chi connectivity index (χ2n) is 5.55. The first-order valence-electron chi connectivity index (χ1n) is 7.08. The van der Waals surface area contributed by atoms with Gasteiger partial charge < -0.3 is 15.0 Å². The zero-order valence-corrected chi connectivity index (χ0v) is 12.2. The molecule has 1 rings (SSSR count). The van der Waals surface area contributed by atoms with Crippen LogP contribution in [0.1, 0.15) is 33.1 Å². The van der Waals surface area contributed by atoms with Gasteiger partial charge in [0.15, 0.2) is 0 Å². The summed E-state index contributed by atoms with van der Waals surface area (Å²) in [5.74, 6) is 1.62. The Bertz CT molecular complexity index is 258. The Morgan fingerprint density at radius 3 is 2.72 bits per heavy atom. The molecule has 3 unspecified atom stereocenters. The van der Waals surface area contributed by atoms with E-state index in [0.29, 0.717) is 0 Å².